The fourth-order valence-corrected chi connectivity index (χ4v) is 0. The first-order valence-corrected chi connectivity index (χ1v) is 1.00. The maximum atomic E-state index is 4.72. The molecule has 0 bridgehead atoms. The van der Waals surface area contributed by atoms with E-state index < -0.39 is 0 Å². The van der Waals surface area contributed by atoms with E-state index in [2.05, 4.69) is 0 Å². The zero-order valence-corrected chi connectivity index (χ0v) is 5.31. The molecule has 0 unspecified atom stereocenters. The first kappa shape index (κ1) is 9.47. The second-order valence-electron chi connectivity index (χ2n) is 0.385. The van der Waals surface area contributed by atoms with Crippen molar-refractivity contribution in [2.75, 3.05) is 0 Å². The summed E-state index contributed by atoms with van der Waals surface area (Å²) < 4.78 is 0. The SMILES string of the molecule is [B][B][B]N.[H-].[Na+]. The maximum absolute atomic E-state index is 4.72. The molecule has 0 amide bonds. The normalized spacial score (nSPS) is 4.20. The van der Waals surface area contributed by atoms with Gasteiger partial charge in [-0.1, -0.05) is 0 Å². The first-order chi connectivity index (χ1) is 1.91. The number of nitrogens with two attached hydrogens (primary N) is 1. The number of hydrogen-bond donors (Lipinski definition) is 1. The first-order valence-electron chi connectivity index (χ1n) is 1.00. The molecule has 0 saturated carbocycles. The molecule has 0 atom stereocenters. The molecule has 0 heterocycles. The zero-order valence-electron chi connectivity index (χ0n) is 4.31. The second-order valence-corrected chi connectivity index (χ2v) is 0.385. The van der Waals surface area contributed by atoms with Crippen LogP contribution in [0.2, 0.25) is 0 Å². The van der Waals surface area contributed by atoms with E-state index in [9.17, 15) is 0 Å². The van der Waals surface area contributed by atoms with E-state index in [1.165, 1.54) is 14.4 Å². The summed E-state index contributed by atoms with van der Waals surface area (Å²) in [6.07, 6.45) is 0. The Hall–Kier alpha value is 1.15. The predicted molar refractivity (Wildman–Crippen MR) is 22.6 cm³/mol. The minimum atomic E-state index is 0. The maximum Gasteiger partial charge on any atom is 1.00 e. The van der Waals surface area contributed by atoms with Crippen molar-refractivity contribution in [1.29, 1.82) is 0 Å². The molecule has 5 heteroatoms. The number of rotatable bonds is 1. The van der Waals surface area contributed by atoms with Gasteiger partial charge in [-0.2, -0.15) is 0 Å². The Morgan fingerprint density at radius 2 is 2.00 bits per heavy atom. The van der Waals surface area contributed by atoms with E-state index in [1.807, 2.05) is 0 Å². The third kappa shape index (κ3) is 11.0. The van der Waals surface area contributed by atoms with Crippen molar-refractivity contribution in [1.82, 2.24) is 0 Å². The van der Waals surface area contributed by atoms with E-state index in [4.69, 9.17) is 13.4 Å². The molecule has 0 aliphatic heterocycles. The molecular weight excluding hydrogens is 69.4 g/mol. The smallest absolute Gasteiger partial charge is 1.00 e. The van der Waals surface area contributed by atoms with Gasteiger partial charge in [-0.15, -0.1) is 0 Å². The fourth-order valence-electron chi connectivity index (χ4n) is 0. The van der Waals surface area contributed by atoms with Gasteiger partial charge in [0.05, 0.1) is 0 Å². The van der Waals surface area contributed by atoms with Crippen molar-refractivity contribution in [3.63, 3.8) is 0 Å². The molecule has 0 aromatic carbocycles. The van der Waals surface area contributed by atoms with Gasteiger partial charge in [0, 0.05) is 14.8 Å². The minimum absolute atomic E-state index is 0. The van der Waals surface area contributed by atoms with Gasteiger partial charge in [-0.05, 0) is 0 Å². The predicted octanol–water partition coefficient (Wildman–Crippen LogP) is -4.62. The standard InChI is InChI=1S/B3H2N.Na.H/c1-2-3-4;;/h4H2;;/q;+1;-1. The molecule has 0 rings (SSSR count). The quantitative estimate of drug-likeness (QED) is 0.310. The van der Waals surface area contributed by atoms with Crippen LogP contribution in [0.4, 0.5) is 0 Å². The van der Waals surface area contributed by atoms with Crippen LogP contribution in [0.1, 0.15) is 1.43 Å². The molecule has 2 N–H and O–H groups in total. The van der Waals surface area contributed by atoms with Crippen LogP contribution in [0.3, 0.4) is 0 Å². The van der Waals surface area contributed by atoms with Gasteiger partial charge < -0.3 is 7.07 Å². The molecule has 0 aromatic rings. The Bertz CT molecular complexity index is 12.8. The summed E-state index contributed by atoms with van der Waals surface area (Å²) in [6.45, 7) is 0. The summed E-state index contributed by atoms with van der Waals surface area (Å²) in [5.41, 5.74) is 4.72. The van der Waals surface area contributed by atoms with Gasteiger partial charge in [0.2, 0.25) is 0 Å². The molecule has 1 nitrogen and oxygen atoms in total. The topological polar surface area (TPSA) is 26.0 Å². The van der Waals surface area contributed by atoms with Crippen molar-refractivity contribution in [3.8, 4) is 0 Å². The van der Waals surface area contributed by atoms with E-state index in [0.717, 1.165) is 0 Å². The Morgan fingerprint density at radius 1 is 1.80 bits per heavy atom. The van der Waals surface area contributed by atoms with Crippen LogP contribution in [0.15, 0.2) is 0 Å². The average molecular weight is 72.5 g/mol. The van der Waals surface area contributed by atoms with Crippen LogP contribution in [0, 0.1) is 0 Å². The molecule has 5 heavy (non-hydrogen) atoms. The summed E-state index contributed by atoms with van der Waals surface area (Å²) in [6, 6.07) is 0. The summed E-state index contributed by atoms with van der Waals surface area (Å²) in [4.78, 5) is 0. The van der Waals surface area contributed by atoms with Crippen LogP contribution in [0.5, 0.6) is 0 Å². The molecule has 0 aromatic heterocycles. The van der Waals surface area contributed by atoms with Gasteiger partial charge in [0.1, 0.15) is 7.31 Å². The molecule has 4 radical (unpaired) electrons. The van der Waals surface area contributed by atoms with Crippen molar-refractivity contribution in [2.24, 2.45) is 5.64 Å². The van der Waals surface area contributed by atoms with Crippen LogP contribution >= 0.6 is 0 Å². The van der Waals surface area contributed by atoms with E-state index in [-0.39, 0.29) is 31.0 Å². The third-order valence-corrected chi connectivity index (χ3v) is 0.111. The third-order valence-electron chi connectivity index (χ3n) is 0.111. The second kappa shape index (κ2) is 8.94. The molecule has 0 saturated heterocycles. The minimum Gasteiger partial charge on any atom is -1.00 e. The van der Waals surface area contributed by atoms with Gasteiger partial charge >= 0.3 is 29.6 Å². The molecule has 0 aliphatic carbocycles. The Balaban J connectivity index is -0.0000000450. The van der Waals surface area contributed by atoms with Crippen LogP contribution in [-0.2, 0) is 0 Å². The van der Waals surface area contributed by atoms with Gasteiger partial charge in [0.25, 0.3) is 0 Å². The van der Waals surface area contributed by atoms with Crippen LogP contribution in [-0.4, -0.2) is 22.1 Å². The van der Waals surface area contributed by atoms with Crippen molar-refractivity contribution >= 4 is 22.1 Å². The zero-order chi connectivity index (χ0) is 3.41. The monoisotopic (exact) mass is 73.0 g/mol. The summed E-state index contributed by atoms with van der Waals surface area (Å²) in [5.74, 6) is 0. The average Bonchev–Trinajstić information content (AvgIpc) is 1.37. The van der Waals surface area contributed by atoms with Crippen molar-refractivity contribution in [3.05, 3.63) is 0 Å². The molecule has 18 valence electrons. The molecular formula is H3B3NNa. The molecule has 0 aliphatic rings. The van der Waals surface area contributed by atoms with E-state index in [0.29, 0.717) is 0 Å². The largest absolute Gasteiger partial charge is 1.00 e. The number of hydrogen-bond acceptors (Lipinski definition) is 1. The molecule has 0 fully saturated rings. The molecule has 0 spiro atoms. The van der Waals surface area contributed by atoms with Crippen molar-refractivity contribution in [2.45, 2.75) is 0 Å². The van der Waals surface area contributed by atoms with Crippen LogP contribution < -0.4 is 35.2 Å². The summed E-state index contributed by atoms with van der Waals surface area (Å²) >= 11 is 0. The summed E-state index contributed by atoms with van der Waals surface area (Å²) in [7, 11) is 7.28. The summed E-state index contributed by atoms with van der Waals surface area (Å²) in [5, 5.41) is 0. The fraction of sp³-hybridized carbons (Fsp3) is 0. The van der Waals surface area contributed by atoms with E-state index >= 15 is 0 Å². The van der Waals surface area contributed by atoms with Crippen LogP contribution in [0.25, 0.3) is 0 Å². The van der Waals surface area contributed by atoms with Gasteiger partial charge in [-0.3, -0.25) is 0 Å². The van der Waals surface area contributed by atoms with E-state index in [1.54, 1.807) is 0 Å². The van der Waals surface area contributed by atoms with Gasteiger partial charge in [-0.25, -0.2) is 0 Å². The Kier molecular flexibility index (Phi) is 16.9. The van der Waals surface area contributed by atoms with Crippen molar-refractivity contribution < 1.29 is 31.0 Å². The Labute approximate surface area is 58.7 Å². The van der Waals surface area contributed by atoms with Gasteiger partial charge in [0.15, 0.2) is 0 Å². The Morgan fingerprint density at radius 3 is 2.00 bits per heavy atom.